The van der Waals surface area contributed by atoms with E-state index in [1.807, 2.05) is 0 Å². The molecule has 0 heterocycles. The van der Waals surface area contributed by atoms with Crippen molar-refractivity contribution in [2.45, 2.75) is 6.54 Å². The Bertz CT molecular complexity index is 623. The molecule has 0 saturated carbocycles. The molecule has 2 aromatic carbocycles. The molecule has 0 fully saturated rings. The van der Waals surface area contributed by atoms with Gasteiger partial charge in [-0.15, -0.1) is 0 Å². The molecule has 0 unspecified atom stereocenters. The number of benzene rings is 2. The van der Waals surface area contributed by atoms with Crippen molar-refractivity contribution in [2.24, 2.45) is 4.99 Å². The first-order valence-electron chi connectivity index (χ1n) is 5.45. The minimum Gasteiger partial charge on any atom is -0.288 e. The maximum absolute atomic E-state index is 13.3. The molecule has 5 heteroatoms. The van der Waals surface area contributed by atoms with Crippen LogP contribution in [-0.2, 0) is 6.54 Å². The van der Waals surface area contributed by atoms with Crippen molar-refractivity contribution in [1.29, 1.82) is 0 Å². The number of halogens is 4. The summed E-state index contributed by atoms with van der Waals surface area (Å²) in [7, 11) is 0. The van der Waals surface area contributed by atoms with Crippen LogP contribution in [0, 0.1) is 23.3 Å². The fourth-order valence-electron chi connectivity index (χ4n) is 1.50. The molecule has 0 aliphatic heterocycles. The molecule has 0 saturated heterocycles. The van der Waals surface area contributed by atoms with Crippen LogP contribution < -0.4 is 0 Å². The number of nitrogens with zero attached hydrogens (tertiary/aromatic N) is 1. The van der Waals surface area contributed by atoms with Crippen LogP contribution in [0.1, 0.15) is 11.1 Å². The Balaban J connectivity index is 2.11. The predicted octanol–water partition coefficient (Wildman–Crippen LogP) is 3.86. The minimum absolute atomic E-state index is 0.0526. The highest BCUT2D eigenvalue weighted by Gasteiger charge is 2.03. The molecule has 0 N–H and O–H groups in total. The monoisotopic (exact) mass is 267 g/mol. The molecule has 2 aromatic rings. The molecule has 19 heavy (non-hydrogen) atoms. The van der Waals surface area contributed by atoms with Gasteiger partial charge < -0.3 is 0 Å². The van der Waals surface area contributed by atoms with E-state index in [1.165, 1.54) is 18.3 Å². The topological polar surface area (TPSA) is 12.4 Å². The molecular formula is C14H9F4N. The number of hydrogen-bond donors (Lipinski definition) is 0. The first-order chi connectivity index (χ1) is 9.06. The van der Waals surface area contributed by atoms with Crippen LogP contribution in [0.3, 0.4) is 0 Å². The van der Waals surface area contributed by atoms with Gasteiger partial charge in [0.1, 0.15) is 23.3 Å². The molecule has 0 aliphatic rings. The normalized spacial score (nSPS) is 11.2. The quantitative estimate of drug-likeness (QED) is 0.591. The van der Waals surface area contributed by atoms with Gasteiger partial charge in [0.15, 0.2) is 0 Å². The standard InChI is InChI=1S/C14H9F4N/c15-11-3-1-9(13(17)5-11)7-19-8-10-2-4-12(16)6-14(10)18/h1-7H,8H2. The van der Waals surface area contributed by atoms with E-state index in [-0.39, 0.29) is 17.7 Å². The summed E-state index contributed by atoms with van der Waals surface area (Å²) in [6.45, 7) is -0.0526. The van der Waals surface area contributed by atoms with Crippen LogP contribution in [0.5, 0.6) is 0 Å². The molecule has 1 nitrogen and oxygen atoms in total. The Labute approximate surface area is 107 Å². The predicted molar refractivity (Wildman–Crippen MR) is 64.0 cm³/mol. The zero-order chi connectivity index (χ0) is 13.8. The van der Waals surface area contributed by atoms with Crippen molar-refractivity contribution in [3.63, 3.8) is 0 Å². The molecular weight excluding hydrogens is 258 g/mol. The van der Waals surface area contributed by atoms with Gasteiger partial charge in [-0.1, -0.05) is 6.07 Å². The van der Waals surface area contributed by atoms with Gasteiger partial charge in [-0.25, -0.2) is 17.6 Å². The second-order valence-electron chi connectivity index (χ2n) is 3.87. The minimum atomic E-state index is -0.747. The van der Waals surface area contributed by atoms with Crippen molar-refractivity contribution in [3.8, 4) is 0 Å². The van der Waals surface area contributed by atoms with Gasteiger partial charge in [-0.05, 0) is 18.2 Å². The van der Waals surface area contributed by atoms with Crippen LogP contribution >= 0.6 is 0 Å². The molecule has 98 valence electrons. The molecule has 0 atom stereocenters. The lowest BCUT2D eigenvalue weighted by Gasteiger charge is -2.00. The summed E-state index contributed by atoms with van der Waals surface area (Å²) in [4.78, 5) is 3.84. The van der Waals surface area contributed by atoms with Crippen molar-refractivity contribution < 1.29 is 17.6 Å². The third-order valence-electron chi connectivity index (χ3n) is 2.47. The van der Waals surface area contributed by atoms with E-state index in [9.17, 15) is 17.6 Å². The summed E-state index contributed by atoms with van der Waals surface area (Å²) < 4.78 is 51.8. The Morgan fingerprint density at radius 2 is 1.47 bits per heavy atom. The van der Waals surface area contributed by atoms with Crippen molar-refractivity contribution in [3.05, 3.63) is 70.8 Å². The Morgan fingerprint density at radius 1 is 0.842 bits per heavy atom. The maximum Gasteiger partial charge on any atom is 0.134 e. The smallest absolute Gasteiger partial charge is 0.134 e. The molecule has 0 aliphatic carbocycles. The Hall–Kier alpha value is -2.17. The largest absolute Gasteiger partial charge is 0.288 e. The van der Waals surface area contributed by atoms with E-state index < -0.39 is 23.3 Å². The van der Waals surface area contributed by atoms with E-state index in [4.69, 9.17) is 0 Å². The van der Waals surface area contributed by atoms with Gasteiger partial charge in [0.05, 0.1) is 6.54 Å². The van der Waals surface area contributed by atoms with Gasteiger partial charge >= 0.3 is 0 Å². The van der Waals surface area contributed by atoms with Gasteiger partial charge in [0, 0.05) is 29.5 Å². The van der Waals surface area contributed by atoms with Crippen molar-refractivity contribution in [2.75, 3.05) is 0 Å². The van der Waals surface area contributed by atoms with E-state index in [0.29, 0.717) is 0 Å². The van der Waals surface area contributed by atoms with E-state index in [0.717, 1.165) is 24.3 Å². The first-order valence-corrected chi connectivity index (χ1v) is 5.45. The summed E-state index contributed by atoms with van der Waals surface area (Å²) in [5.41, 5.74) is 0.295. The van der Waals surface area contributed by atoms with Crippen LogP contribution in [-0.4, -0.2) is 6.21 Å². The van der Waals surface area contributed by atoms with Gasteiger partial charge in [0.2, 0.25) is 0 Å². The maximum atomic E-state index is 13.3. The molecule has 0 aromatic heterocycles. The Morgan fingerprint density at radius 3 is 2.11 bits per heavy atom. The zero-order valence-electron chi connectivity index (χ0n) is 9.71. The SMILES string of the molecule is Fc1ccc(C=NCc2ccc(F)cc2F)c(F)c1. The highest BCUT2D eigenvalue weighted by atomic mass is 19.1. The molecule has 0 bridgehead atoms. The second kappa shape index (κ2) is 5.65. The summed E-state index contributed by atoms with van der Waals surface area (Å²) in [6.07, 6.45) is 1.18. The van der Waals surface area contributed by atoms with Crippen LogP contribution in [0.25, 0.3) is 0 Å². The van der Waals surface area contributed by atoms with E-state index in [2.05, 4.69) is 4.99 Å². The molecule has 2 rings (SSSR count). The molecule has 0 radical (unpaired) electrons. The Kier molecular flexibility index (Phi) is 3.94. The van der Waals surface area contributed by atoms with Crippen LogP contribution in [0.4, 0.5) is 17.6 Å². The fraction of sp³-hybridized carbons (Fsp3) is 0.0714. The lowest BCUT2D eigenvalue weighted by molar-refractivity contribution is 0.573. The van der Waals surface area contributed by atoms with Gasteiger partial charge in [-0.3, -0.25) is 4.99 Å². The number of rotatable bonds is 3. The molecule has 0 spiro atoms. The van der Waals surface area contributed by atoms with Gasteiger partial charge in [-0.2, -0.15) is 0 Å². The third-order valence-corrected chi connectivity index (χ3v) is 2.47. The van der Waals surface area contributed by atoms with Crippen LogP contribution in [0.2, 0.25) is 0 Å². The third kappa shape index (κ3) is 3.40. The lowest BCUT2D eigenvalue weighted by atomic mass is 10.2. The summed E-state index contributed by atoms with van der Waals surface area (Å²) in [5.74, 6) is -2.81. The van der Waals surface area contributed by atoms with Gasteiger partial charge in [0.25, 0.3) is 0 Å². The number of hydrogen-bond acceptors (Lipinski definition) is 1. The lowest BCUT2D eigenvalue weighted by Crippen LogP contribution is -1.93. The molecule has 0 amide bonds. The van der Waals surface area contributed by atoms with E-state index in [1.54, 1.807) is 0 Å². The number of aliphatic imine (C=N–C) groups is 1. The average molecular weight is 267 g/mol. The fourth-order valence-corrected chi connectivity index (χ4v) is 1.50. The second-order valence-corrected chi connectivity index (χ2v) is 3.87. The summed E-state index contributed by atoms with van der Waals surface area (Å²) in [6, 6.07) is 6.21. The zero-order valence-corrected chi connectivity index (χ0v) is 9.71. The van der Waals surface area contributed by atoms with Crippen molar-refractivity contribution in [1.82, 2.24) is 0 Å². The highest BCUT2D eigenvalue weighted by molar-refractivity contribution is 5.79. The highest BCUT2D eigenvalue weighted by Crippen LogP contribution is 2.11. The summed E-state index contributed by atoms with van der Waals surface area (Å²) in [5, 5.41) is 0. The van der Waals surface area contributed by atoms with E-state index >= 15 is 0 Å². The average Bonchev–Trinajstić information content (AvgIpc) is 2.34. The first kappa shape index (κ1) is 13.3. The van der Waals surface area contributed by atoms with Crippen molar-refractivity contribution >= 4 is 6.21 Å². The van der Waals surface area contributed by atoms with Crippen LogP contribution in [0.15, 0.2) is 41.4 Å². The summed E-state index contributed by atoms with van der Waals surface area (Å²) >= 11 is 0.